The van der Waals surface area contributed by atoms with Gasteiger partial charge in [-0.3, -0.25) is 46.8 Å². The van der Waals surface area contributed by atoms with Crippen LogP contribution in [0.15, 0.2) is 28.4 Å². The zero-order valence-corrected chi connectivity index (χ0v) is 51.9. The van der Waals surface area contributed by atoms with E-state index in [1.807, 2.05) is 0 Å². The lowest BCUT2D eigenvalue weighted by atomic mass is 9.84. The SMILES string of the molecule is NC[C@@H]1O[C@H](O[C@H]2[C@@H](O)[C@H](O[C@@H]3[C@@H](O)[C@H](N)C[C@H](N)[C@H]3O[C@H]3O[C@H](Cn4cc(CCCCOP(=O)(O)OC[C@H]5O[C@@H](n6cnc7c(=O)[nH]c(N)nc76)C[C@@H]5OP(=O)(O)OC[C@H]5O[C@@H](n6cnc7c(=O)[nH]c(N)nc76)C[C@@H]5O)nn4)[C@@H](O)[C@H](O)[C@H]3N)O[C@@H]2CO)[C@H](N)[C@@H](O)[C@@H]1O. The summed E-state index contributed by atoms with van der Waals surface area (Å²) in [5, 5.41) is 95.4. The van der Waals surface area contributed by atoms with Crippen LogP contribution in [0.4, 0.5) is 11.9 Å². The number of unbranched alkanes of at least 4 members (excludes halogenated alkanes) is 1. The van der Waals surface area contributed by atoms with Gasteiger partial charge in [0.25, 0.3) is 11.1 Å². The molecule has 27 atom stereocenters. The largest absolute Gasteiger partial charge is 0.472 e. The molecule has 5 aromatic heterocycles. The maximum atomic E-state index is 13.6. The van der Waals surface area contributed by atoms with Crippen LogP contribution in [0.25, 0.3) is 22.3 Å². The minimum atomic E-state index is -5.12. The number of aromatic amines is 2. The third-order valence-corrected chi connectivity index (χ3v) is 19.1. The molecule has 0 aromatic carbocycles. The van der Waals surface area contributed by atoms with E-state index in [2.05, 4.69) is 40.2 Å². The summed E-state index contributed by atoms with van der Waals surface area (Å²) in [6.07, 6.45) is -25.2. The number of anilines is 2. The second-order valence-corrected chi connectivity index (χ2v) is 26.6. The molecule has 0 spiro atoms. The summed E-state index contributed by atoms with van der Waals surface area (Å²) < 4.78 is 100.0. The summed E-state index contributed by atoms with van der Waals surface area (Å²) in [6, 6.07) is -4.75. The summed E-state index contributed by atoms with van der Waals surface area (Å²) in [4.78, 5) is 67.7. The van der Waals surface area contributed by atoms with Gasteiger partial charge in [-0.15, -0.1) is 5.10 Å². The number of aryl methyl sites for hydroxylation is 1. The standard InChI is InChI=1S/C49H78N18O26P2/c50-8-21-33(71)35(73)28(53)45(87-21)91-39-23(11-68)89-47(37(39)75)92-40-32(70)17(51)5-18(52)38(40)90-46-29(54)36(74)34(72)22(88-46)10-65-9-16(63-64-65)3-1-2-4-82-94(78,79)83-13-25-20(7-27(86-25)67-15-58-31-42(67)60-49(56)62-44(31)77)93-95(80,81)84-12-24-19(69)6-26(85-24)66-14-57-30-41(66)59-48(55)61-43(30)76/h9,14-15,17-29,32-40,45-47,68-75H,1-8,10-13,50-54H2,(H,78,79)(H,80,81)(H3,55,59,61,76)(H3,56,60,62,77)/t17-,18+,19+,20+,21+,22-,23-,24-,25-,26-,27-,28-,29-,32+,33-,34-,35-,36-,37-,38-,39-,40-,45-,46-,47+/m1/s1. The van der Waals surface area contributed by atoms with Crippen molar-refractivity contribution < 1.29 is 116 Å². The highest BCUT2D eigenvalue weighted by Crippen LogP contribution is 2.51. The Morgan fingerprint density at radius 3 is 1.80 bits per heavy atom. The van der Waals surface area contributed by atoms with Crippen LogP contribution in [0.1, 0.15) is 50.3 Å². The van der Waals surface area contributed by atoms with Gasteiger partial charge in [-0.2, -0.15) is 9.97 Å². The van der Waals surface area contributed by atoms with Crippen LogP contribution in [0.3, 0.4) is 0 Å². The highest BCUT2D eigenvalue weighted by Gasteiger charge is 2.55. The number of nitrogens with zero attached hydrogens (tertiary/aromatic N) is 9. The smallest absolute Gasteiger partial charge is 0.394 e. The van der Waals surface area contributed by atoms with Gasteiger partial charge in [0.05, 0.1) is 75.6 Å². The molecule has 0 bridgehead atoms. The quantitative estimate of drug-likeness (QED) is 0.0181. The number of aromatic nitrogens is 11. The van der Waals surface area contributed by atoms with Gasteiger partial charge in [0.1, 0.15) is 97.9 Å². The Bertz CT molecular complexity index is 3650. The molecule has 10 heterocycles. The van der Waals surface area contributed by atoms with Gasteiger partial charge in [-0.1, -0.05) is 5.21 Å². The summed E-state index contributed by atoms with van der Waals surface area (Å²) in [5.41, 5.74) is 41.3. The maximum absolute atomic E-state index is 13.6. The number of hydrogen-bond donors (Lipinski definition) is 19. The molecule has 5 aliphatic heterocycles. The van der Waals surface area contributed by atoms with E-state index in [-0.39, 0.29) is 86.0 Å². The number of nitrogens with one attached hydrogen (secondary N) is 2. The molecule has 6 fully saturated rings. The predicted molar refractivity (Wildman–Crippen MR) is 313 cm³/mol. The van der Waals surface area contributed by atoms with E-state index in [0.29, 0.717) is 12.1 Å². The number of nitrogens with two attached hydrogens (primary N) is 7. The van der Waals surface area contributed by atoms with Crippen molar-refractivity contribution in [3.63, 3.8) is 0 Å². The number of fused-ring (bicyclic) bond motifs is 2. The van der Waals surface area contributed by atoms with Gasteiger partial charge in [0.2, 0.25) is 11.9 Å². The van der Waals surface area contributed by atoms with Gasteiger partial charge in [0, 0.05) is 37.7 Å². The monoisotopic (exact) mass is 1400 g/mol. The van der Waals surface area contributed by atoms with Crippen LogP contribution in [0, 0.1) is 0 Å². The van der Waals surface area contributed by atoms with Gasteiger partial charge < -0.3 is 129 Å². The van der Waals surface area contributed by atoms with Crippen LogP contribution in [-0.4, -0.2) is 278 Å². The second-order valence-electron chi connectivity index (χ2n) is 23.8. The van der Waals surface area contributed by atoms with Crippen molar-refractivity contribution in [1.82, 2.24) is 54.0 Å². The lowest BCUT2D eigenvalue weighted by Gasteiger charge is -2.47. The van der Waals surface area contributed by atoms with Gasteiger partial charge in [-0.05, 0) is 25.7 Å². The van der Waals surface area contributed by atoms with Crippen molar-refractivity contribution in [1.29, 1.82) is 0 Å². The van der Waals surface area contributed by atoms with Crippen molar-refractivity contribution in [3.05, 3.63) is 45.3 Å². The normalized spacial score (nSPS) is 38.3. The molecule has 6 aliphatic rings. The van der Waals surface area contributed by atoms with E-state index < -0.39 is 200 Å². The number of nitrogen functional groups attached to an aromatic ring is 2. The molecule has 26 N–H and O–H groups in total. The Labute approximate surface area is 534 Å². The predicted octanol–water partition coefficient (Wildman–Crippen LogP) is -9.24. The van der Waals surface area contributed by atoms with E-state index >= 15 is 0 Å². The molecular formula is C49H78N18O26P2. The molecule has 5 saturated heterocycles. The number of H-pyrrole nitrogens is 2. The van der Waals surface area contributed by atoms with Gasteiger partial charge >= 0.3 is 15.6 Å². The molecule has 44 nitrogen and oxygen atoms in total. The van der Waals surface area contributed by atoms with Gasteiger partial charge in [0.15, 0.2) is 41.2 Å². The number of phosphoric ester groups is 2. The number of ether oxygens (including phenoxy) is 8. The fraction of sp³-hybridized carbons (Fsp3) is 0.755. The lowest BCUT2D eigenvalue weighted by molar-refractivity contribution is -0.309. The molecule has 5 aromatic rings. The second kappa shape index (κ2) is 29.3. The molecule has 11 rings (SSSR count). The van der Waals surface area contributed by atoms with E-state index in [1.54, 1.807) is 0 Å². The first kappa shape index (κ1) is 71.1. The number of aliphatic hydroxyl groups is 8. The van der Waals surface area contributed by atoms with Crippen molar-refractivity contribution >= 4 is 49.9 Å². The van der Waals surface area contributed by atoms with Crippen molar-refractivity contribution in [2.75, 3.05) is 44.4 Å². The lowest BCUT2D eigenvalue weighted by Crippen LogP contribution is -2.68. The third-order valence-electron chi connectivity index (χ3n) is 17.2. The van der Waals surface area contributed by atoms with E-state index in [0.717, 1.165) is 0 Å². The molecule has 1 aliphatic carbocycles. The number of hydrogen-bond acceptors (Lipinski definition) is 37. The molecular weight excluding hydrogens is 1320 g/mol. The molecule has 1 saturated carbocycles. The summed E-state index contributed by atoms with van der Waals surface area (Å²) >= 11 is 0. The van der Waals surface area contributed by atoms with Crippen molar-refractivity contribution in [3.8, 4) is 0 Å². The number of imidazole rings is 2. The molecule has 530 valence electrons. The van der Waals surface area contributed by atoms with E-state index in [1.165, 1.54) is 32.7 Å². The molecule has 2 unspecified atom stereocenters. The third kappa shape index (κ3) is 15.5. The Kier molecular flexibility index (Phi) is 22.0. The molecule has 46 heteroatoms. The Morgan fingerprint density at radius 1 is 0.611 bits per heavy atom. The first-order chi connectivity index (χ1) is 45.1. The van der Waals surface area contributed by atoms with Crippen LogP contribution in [-0.2, 0) is 78.1 Å². The molecule has 0 amide bonds. The number of rotatable bonds is 26. The number of aliphatic hydroxyl groups excluding tert-OH is 8. The fourth-order valence-corrected chi connectivity index (χ4v) is 13.8. The van der Waals surface area contributed by atoms with Crippen LogP contribution < -0.4 is 51.3 Å². The Hall–Kier alpha value is -5.18. The molecule has 0 radical (unpaired) electrons. The highest BCUT2D eigenvalue weighted by molar-refractivity contribution is 7.47. The zero-order valence-electron chi connectivity index (χ0n) is 50.1. The zero-order chi connectivity index (χ0) is 68.1. The average Bonchev–Trinajstić information content (AvgIpc) is 1.10. The number of phosphoric acid groups is 2. The fourth-order valence-electron chi connectivity index (χ4n) is 12.1. The maximum Gasteiger partial charge on any atom is 0.472 e. The van der Waals surface area contributed by atoms with Crippen LogP contribution in [0.2, 0.25) is 0 Å². The van der Waals surface area contributed by atoms with E-state index in [9.17, 15) is 69.4 Å². The Balaban J connectivity index is 0.663. The summed E-state index contributed by atoms with van der Waals surface area (Å²) in [5.74, 6) is -0.465. The summed E-state index contributed by atoms with van der Waals surface area (Å²) in [7, 11) is -10.0. The minimum Gasteiger partial charge on any atom is -0.394 e. The molecule has 95 heavy (non-hydrogen) atoms. The van der Waals surface area contributed by atoms with Gasteiger partial charge in [-0.25, -0.2) is 23.8 Å². The average molecular weight is 1400 g/mol. The van der Waals surface area contributed by atoms with Crippen molar-refractivity contribution in [2.24, 2.45) is 28.7 Å². The van der Waals surface area contributed by atoms with Crippen LogP contribution >= 0.6 is 15.6 Å². The van der Waals surface area contributed by atoms with Crippen LogP contribution in [0.5, 0.6) is 0 Å². The first-order valence-corrected chi connectivity index (χ1v) is 33.0. The van der Waals surface area contributed by atoms with Crippen molar-refractivity contribution in [2.45, 2.75) is 198 Å². The Morgan fingerprint density at radius 2 is 1.17 bits per heavy atom. The summed E-state index contributed by atoms with van der Waals surface area (Å²) in [6.45, 7) is -3.00. The highest BCUT2D eigenvalue weighted by atomic mass is 31.2. The minimum absolute atomic E-state index is 0.0307. The van der Waals surface area contributed by atoms with E-state index in [4.69, 9.17) is 96.1 Å². The topological polar surface area (TPSA) is 687 Å². The first-order valence-electron chi connectivity index (χ1n) is 30.1.